The first-order valence-electron chi connectivity index (χ1n) is 5.80. The Hall–Kier alpha value is -1.85. The normalized spacial score (nSPS) is 24.3. The van der Waals surface area contributed by atoms with Gasteiger partial charge in [0.05, 0.1) is 6.20 Å². The van der Waals surface area contributed by atoms with Gasteiger partial charge in [0.15, 0.2) is 0 Å². The van der Waals surface area contributed by atoms with Gasteiger partial charge in [-0.1, -0.05) is 0 Å². The van der Waals surface area contributed by atoms with Crippen molar-refractivity contribution in [2.45, 2.75) is 18.9 Å². The van der Waals surface area contributed by atoms with Crippen LogP contribution in [-0.4, -0.2) is 33.1 Å². The lowest BCUT2D eigenvalue weighted by Crippen LogP contribution is -2.31. The Balaban J connectivity index is 1.88. The number of rotatable bonds is 3. The van der Waals surface area contributed by atoms with E-state index in [1.54, 1.807) is 15.8 Å². The van der Waals surface area contributed by atoms with Crippen LogP contribution in [0.15, 0.2) is 12.4 Å². The summed E-state index contributed by atoms with van der Waals surface area (Å²) in [6.45, 7) is 0.744. The van der Waals surface area contributed by atoms with Gasteiger partial charge in [-0.2, -0.15) is 5.10 Å². The van der Waals surface area contributed by atoms with E-state index in [1.165, 1.54) is 12.8 Å². The first-order valence-corrected chi connectivity index (χ1v) is 5.80. The number of carbonyl (C=O) groups excluding carboxylic acids is 1. The van der Waals surface area contributed by atoms with Crippen LogP contribution in [0.1, 0.15) is 24.4 Å². The Labute approximate surface area is 99.1 Å². The molecule has 1 aromatic rings. The molecule has 0 spiro atoms. The zero-order valence-corrected chi connectivity index (χ0v) is 9.68. The van der Waals surface area contributed by atoms with Gasteiger partial charge in [0.2, 0.25) is 0 Å². The summed E-state index contributed by atoms with van der Waals surface area (Å²) in [4.78, 5) is 13.5. The summed E-state index contributed by atoms with van der Waals surface area (Å²) < 4.78 is 1.70. The number of hydrogen-bond donors (Lipinski definition) is 2. The van der Waals surface area contributed by atoms with E-state index in [0.29, 0.717) is 5.92 Å². The second-order valence-corrected chi connectivity index (χ2v) is 4.79. The summed E-state index contributed by atoms with van der Waals surface area (Å²) in [5.74, 6) is 0.870. The van der Waals surface area contributed by atoms with Gasteiger partial charge in [0, 0.05) is 25.4 Å². The highest BCUT2D eigenvalue weighted by molar-refractivity contribution is 6.05. The number of aromatic nitrogens is 2. The fourth-order valence-electron chi connectivity index (χ4n) is 2.22. The summed E-state index contributed by atoms with van der Waals surface area (Å²) in [5, 5.41) is 14.6. The van der Waals surface area contributed by atoms with E-state index in [4.69, 9.17) is 5.41 Å². The van der Waals surface area contributed by atoms with Crippen molar-refractivity contribution in [3.63, 3.8) is 0 Å². The van der Waals surface area contributed by atoms with E-state index in [0.717, 1.165) is 12.1 Å². The van der Waals surface area contributed by atoms with Crippen LogP contribution in [0.25, 0.3) is 0 Å². The third-order valence-corrected chi connectivity index (χ3v) is 3.28. The monoisotopic (exact) mass is 233 g/mol. The molecule has 3 rings (SSSR count). The van der Waals surface area contributed by atoms with E-state index in [9.17, 15) is 4.79 Å². The molecule has 1 aromatic heterocycles. The Kier molecular flexibility index (Phi) is 2.17. The minimum Gasteiger partial charge on any atom is -0.310 e. The van der Waals surface area contributed by atoms with Gasteiger partial charge in [-0.25, -0.2) is 4.79 Å². The highest BCUT2D eigenvalue weighted by Crippen LogP contribution is 2.34. The minimum atomic E-state index is -0.281. The number of aryl methyl sites for hydroxylation is 1. The number of amides is 2. The molecule has 2 aliphatic rings. The van der Waals surface area contributed by atoms with Crippen molar-refractivity contribution < 1.29 is 4.79 Å². The van der Waals surface area contributed by atoms with Crippen LogP contribution in [-0.2, 0) is 7.05 Å². The summed E-state index contributed by atoms with van der Waals surface area (Å²) in [5.41, 5.74) is 0.900. The molecule has 90 valence electrons. The van der Waals surface area contributed by atoms with Crippen LogP contribution in [0.4, 0.5) is 4.79 Å². The molecule has 2 heterocycles. The third-order valence-electron chi connectivity index (χ3n) is 3.28. The second kappa shape index (κ2) is 3.58. The molecular formula is C11H15N5O. The minimum absolute atomic E-state index is 0.157. The molecule has 17 heavy (non-hydrogen) atoms. The average Bonchev–Trinajstić information content (AvgIpc) is 2.92. The summed E-state index contributed by atoms with van der Waals surface area (Å²) in [6.07, 6.45) is 5.96. The fraction of sp³-hybridized carbons (Fsp3) is 0.545. The molecule has 0 bridgehead atoms. The van der Waals surface area contributed by atoms with Crippen LogP contribution in [0.3, 0.4) is 0 Å². The van der Waals surface area contributed by atoms with Crippen LogP contribution < -0.4 is 5.32 Å². The van der Waals surface area contributed by atoms with E-state index >= 15 is 0 Å². The Morgan fingerprint density at radius 2 is 2.35 bits per heavy atom. The van der Waals surface area contributed by atoms with E-state index in [-0.39, 0.29) is 17.9 Å². The zero-order valence-electron chi connectivity index (χ0n) is 9.68. The lowest BCUT2D eigenvalue weighted by molar-refractivity contribution is 0.203. The summed E-state index contributed by atoms with van der Waals surface area (Å²) in [6, 6.07) is -0.437. The maximum atomic E-state index is 11.8. The van der Waals surface area contributed by atoms with Crippen molar-refractivity contribution in [1.29, 1.82) is 5.41 Å². The molecular weight excluding hydrogens is 218 g/mol. The molecule has 6 nitrogen and oxygen atoms in total. The number of nitrogens with one attached hydrogen (secondary N) is 2. The van der Waals surface area contributed by atoms with Gasteiger partial charge in [0.1, 0.15) is 11.9 Å². The lowest BCUT2D eigenvalue weighted by atomic mass is 10.1. The standard InChI is InChI=1S/C11H15N5O/c1-15-6-8(4-13-15)9-10(12)14-11(17)16(9)5-7-2-3-7/h4,6-7,9H,2-3,5H2,1H3,(H2,12,14,17). The molecule has 2 N–H and O–H groups in total. The fourth-order valence-corrected chi connectivity index (χ4v) is 2.22. The van der Waals surface area contributed by atoms with Crippen molar-refractivity contribution in [2.75, 3.05) is 6.54 Å². The number of amidine groups is 1. The molecule has 1 aliphatic carbocycles. The molecule has 0 radical (unpaired) electrons. The van der Waals surface area contributed by atoms with Crippen molar-refractivity contribution in [1.82, 2.24) is 20.0 Å². The second-order valence-electron chi connectivity index (χ2n) is 4.79. The highest BCUT2D eigenvalue weighted by atomic mass is 16.2. The smallest absolute Gasteiger partial charge is 0.310 e. The van der Waals surface area contributed by atoms with Crippen LogP contribution in [0.2, 0.25) is 0 Å². The van der Waals surface area contributed by atoms with Crippen LogP contribution in [0, 0.1) is 11.3 Å². The molecule has 1 atom stereocenters. The van der Waals surface area contributed by atoms with Gasteiger partial charge in [-0.15, -0.1) is 0 Å². The Bertz CT molecular complexity index is 476. The van der Waals surface area contributed by atoms with Crippen LogP contribution >= 0.6 is 0 Å². The molecule has 1 saturated carbocycles. The van der Waals surface area contributed by atoms with E-state index in [1.807, 2.05) is 13.2 Å². The first-order chi connectivity index (χ1) is 8.15. The van der Waals surface area contributed by atoms with Gasteiger partial charge < -0.3 is 4.90 Å². The lowest BCUT2D eigenvalue weighted by Gasteiger charge is -2.21. The van der Waals surface area contributed by atoms with Crippen LogP contribution in [0.5, 0.6) is 0 Å². The molecule has 6 heteroatoms. The first kappa shape index (κ1) is 10.3. The van der Waals surface area contributed by atoms with Gasteiger partial charge >= 0.3 is 6.03 Å². The maximum Gasteiger partial charge on any atom is 0.323 e. The number of hydrogen-bond acceptors (Lipinski definition) is 3. The van der Waals surface area contributed by atoms with Crippen molar-refractivity contribution >= 4 is 11.9 Å². The van der Waals surface area contributed by atoms with Crippen molar-refractivity contribution in [3.8, 4) is 0 Å². The number of urea groups is 1. The van der Waals surface area contributed by atoms with E-state index < -0.39 is 0 Å². The zero-order chi connectivity index (χ0) is 12.0. The SMILES string of the molecule is Cn1cc(C2C(=N)NC(=O)N2CC2CC2)cn1. The average molecular weight is 233 g/mol. The van der Waals surface area contributed by atoms with E-state index in [2.05, 4.69) is 10.4 Å². The Morgan fingerprint density at radius 3 is 2.94 bits per heavy atom. The topological polar surface area (TPSA) is 74.0 Å². The molecule has 2 fully saturated rings. The highest BCUT2D eigenvalue weighted by Gasteiger charge is 2.40. The van der Waals surface area contributed by atoms with Gasteiger partial charge in [-0.3, -0.25) is 15.4 Å². The molecule has 1 unspecified atom stereocenters. The molecule has 0 aromatic carbocycles. The molecule has 2 amide bonds. The Morgan fingerprint density at radius 1 is 1.59 bits per heavy atom. The number of carbonyl (C=O) groups is 1. The van der Waals surface area contributed by atoms with Gasteiger partial charge in [-0.05, 0) is 18.8 Å². The largest absolute Gasteiger partial charge is 0.323 e. The summed E-state index contributed by atoms with van der Waals surface area (Å²) >= 11 is 0. The summed E-state index contributed by atoms with van der Waals surface area (Å²) in [7, 11) is 1.84. The van der Waals surface area contributed by atoms with Crippen molar-refractivity contribution in [3.05, 3.63) is 18.0 Å². The quantitative estimate of drug-likeness (QED) is 0.813. The maximum absolute atomic E-state index is 11.8. The number of nitrogens with zero attached hydrogens (tertiary/aromatic N) is 3. The predicted octanol–water partition coefficient (Wildman–Crippen LogP) is 0.874. The van der Waals surface area contributed by atoms with Crippen molar-refractivity contribution in [2.24, 2.45) is 13.0 Å². The molecule has 1 saturated heterocycles. The predicted molar refractivity (Wildman–Crippen MR) is 61.6 cm³/mol. The van der Waals surface area contributed by atoms with Gasteiger partial charge in [0.25, 0.3) is 0 Å². The third kappa shape index (κ3) is 1.79. The molecule has 1 aliphatic heterocycles.